The summed E-state index contributed by atoms with van der Waals surface area (Å²) in [5.41, 5.74) is 1.73. The number of aromatic nitrogens is 1. The molecule has 2 aliphatic heterocycles. The monoisotopic (exact) mass is 384 g/mol. The number of ether oxygens (including phenoxy) is 2. The van der Waals surface area contributed by atoms with Gasteiger partial charge >= 0.3 is 6.03 Å². The second-order valence-corrected chi connectivity index (χ2v) is 7.03. The van der Waals surface area contributed by atoms with Crippen LogP contribution in [-0.2, 0) is 11.8 Å². The first-order valence-corrected chi connectivity index (χ1v) is 9.46. The minimum Gasteiger partial charge on any atom is -0.486 e. The lowest BCUT2D eigenvalue weighted by Gasteiger charge is -2.24. The number of nitrogens with one attached hydrogen (secondary N) is 2. The van der Waals surface area contributed by atoms with Gasteiger partial charge in [0.1, 0.15) is 13.2 Å². The van der Waals surface area contributed by atoms with Crippen molar-refractivity contribution in [3.05, 3.63) is 42.2 Å². The van der Waals surface area contributed by atoms with Crippen molar-refractivity contribution in [3.63, 3.8) is 0 Å². The number of imide groups is 1. The Kier molecular flexibility index (Phi) is 5.21. The Morgan fingerprint density at radius 2 is 2.00 bits per heavy atom. The van der Waals surface area contributed by atoms with E-state index in [-0.39, 0.29) is 18.5 Å². The van der Waals surface area contributed by atoms with Crippen molar-refractivity contribution in [2.75, 3.05) is 31.6 Å². The Hall–Kier alpha value is -3.00. The van der Waals surface area contributed by atoms with Crippen LogP contribution in [0.2, 0.25) is 0 Å². The molecule has 0 radical (unpaired) electrons. The van der Waals surface area contributed by atoms with E-state index in [0.717, 1.165) is 19.4 Å². The average molecular weight is 384 g/mol. The van der Waals surface area contributed by atoms with Crippen LogP contribution in [0.1, 0.15) is 24.6 Å². The molecular weight excluding hydrogens is 360 g/mol. The van der Waals surface area contributed by atoms with Crippen molar-refractivity contribution in [2.45, 2.75) is 18.9 Å². The number of nitrogens with zero attached hydrogens (tertiary/aromatic N) is 2. The summed E-state index contributed by atoms with van der Waals surface area (Å²) in [7, 11) is 2.01. The van der Waals surface area contributed by atoms with Crippen LogP contribution < -0.4 is 20.1 Å². The summed E-state index contributed by atoms with van der Waals surface area (Å²) in [6, 6.07) is 8.86. The van der Waals surface area contributed by atoms with Gasteiger partial charge in [-0.25, -0.2) is 4.79 Å². The maximum Gasteiger partial charge on any atom is 0.325 e. The van der Waals surface area contributed by atoms with E-state index >= 15 is 0 Å². The van der Waals surface area contributed by atoms with Crippen molar-refractivity contribution in [3.8, 4) is 11.5 Å². The Morgan fingerprint density at radius 3 is 2.79 bits per heavy atom. The van der Waals surface area contributed by atoms with E-state index in [0.29, 0.717) is 30.4 Å². The molecule has 0 aliphatic carbocycles. The SMILES string of the molecule is Cn1cccc1[C@H]1CCCN1CC(=O)NC(=O)Nc1ccc2c(c1)OCCO2. The van der Waals surface area contributed by atoms with E-state index in [1.807, 2.05) is 19.3 Å². The van der Waals surface area contributed by atoms with E-state index in [1.165, 1.54) is 5.69 Å². The number of urea groups is 1. The molecule has 1 atom stereocenters. The molecular formula is C20H24N4O4. The molecule has 28 heavy (non-hydrogen) atoms. The third kappa shape index (κ3) is 3.96. The zero-order valence-electron chi connectivity index (χ0n) is 15.8. The van der Waals surface area contributed by atoms with E-state index in [2.05, 4.69) is 26.2 Å². The van der Waals surface area contributed by atoms with Crippen molar-refractivity contribution in [2.24, 2.45) is 7.05 Å². The maximum absolute atomic E-state index is 12.4. The first-order valence-electron chi connectivity index (χ1n) is 9.46. The van der Waals surface area contributed by atoms with Crippen LogP contribution in [0, 0.1) is 0 Å². The molecule has 1 aromatic heterocycles. The highest BCUT2D eigenvalue weighted by molar-refractivity contribution is 6.01. The zero-order valence-corrected chi connectivity index (χ0v) is 15.8. The molecule has 0 bridgehead atoms. The maximum atomic E-state index is 12.4. The van der Waals surface area contributed by atoms with E-state index in [1.54, 1.807) is 18.2 Å². The Balaban J connectivity index is 1.32. The third-order valence-electron chi connectivity index (χ3n) is 5.09. The van der Waals surface area contributed by atoms with Gasteiger partial charge in [0.2, 0.25) is 5.91 Å². The van der Waals surface area contributed by atoms with Gasteiger partial charge in [0.25, 0.3) is 0 Å². The van der Waals surface area contributed by atoms with Gasteiger partial charge in [-0.3, -0.25) is 15.0 Å². The fourth-order valence-electron chi connectivity index (χ4n) is 3.80. The van der Waals surface area contributed by atoms with Crippen molar-refractivity contribution >= 4 is 17.6 Å². The molecule has 0 unspecified atom stereocenters. The Bertz CT molecular complexity index is 879. The van der Waals surface area contributed by atoms with Gasteiger partial charge in [-0.15, -0.1) is 0 Å². The summed E-state index contributed by atoms with van der Waals surface area (Å²) < 4.78 is 13.0. The van der Waals surface area contributed by atoms with Gasteiger partial charge in [-0.05, 0) is 43.7 Å². The predicted octanol–water partition coefficient (Wildman–Crippen LogP) is 2.28. The lowest BCUT2D eigenvalue weighted by Crippen LogP contribution is -2.41. The predicted molar refractivity (Wildman–Crippen MR) is 104 cm³/mol. The number of amides is 3. The molecule has 8 heteroatoms. The Labute approximate surface area is 163 Å². The number of carbonyl (C=O) groups is 2. The first-order chi connectivity index (χ1) is 13.6. The number of benzene rings is 1. The summed E-state index contributed by atoms with van der Waals surface area (Å²) in [6.07, 6.45) is 4.05. The second kappa shape index (κ2) is 7.93. The van der Waals surface area contributed by atoms with Gasteiger partial charge < -0.3 is 19.4 Å². The molecule has 0 saturated carbocycles. The molecule has 1 saturated heterocycles. The normalized spacial score (nSPS) is 18.7. The number of carbonyl (C=O) groups excluding carboxylic acids is 2. The molecule has 3 amide bonds. The molecule has 0 spiro atoms. The number of rotatable bonds is 4. The highest BCUT2D eigenvalue weighted by Gasteiger charge is 2.29. The van der Waals surface area contributed by atoms with Gasteiger partial charge in [-0.1, -0.05) is 0 Å². The number of fused-ring (bicyclic) bond motifs is 1. The molecule has 8 nitrogen and oxygen atoms in total. The summed E-state index contributed by atoms with van der Waals surface area (Å²) in [5, 5.41) is 5.07. The topological polar surface area (TPSA) is 84.8 Å². The highest BCUT2D eigenvalue weighted by Crippen LogP contribution is 2.33. The van der Waals surface area contributed by atoms with E-state index in [4.69, 9.17) is 9.47 Å². The highest BCUT2D eigenvalue weighted by atomic mass is 16.6. The van der Waals surface area contributed by atoms with Crippen LogP contribution >= 0.6 is 0 Å². The van der Waals surface area contributed by atoms with Gasteiger partial charge in [0.05, 0.1) is 12.6 Å². The number of hydrogen-bond acceptors (Lipinski definition) is 5. The molecule has 2 N–H and O–H groups in total. The fourth-order valence-corrected chi connectivity index (χ4v) is 3.80. The number of aryl methyl sites for hydroxylation is 1. The van der Waals surface area contributed by atoms with Crippen LogP contribution in [0.3, 0.4) is 0 Å². The third-order valence-corrected chi connectivity index (χ3v) is 5.09. The summed E-state index contributed by atoms with van der Waals surface area (Å²) in [6.45, 7) is 2.01. The zero-order chi connectivity index (χ0) is 19.5. The molecule has 148 valence electrons. The fraction of sp³-hybridized carbons (Fsp3) is 0.400. The molecule has 1 fully saturated rings. The van der Waals surface area contributed by atoms with Crippen molar-refractivity contribution in [1.29, 1.82) is 0 Å². The van der Waals surface area contributed by atoms with Gasteiger partial charge in [-0.2, -0.15) is 0 Å². The minimum absolute atomic E-state index is 0.185. The van der Waals surface area contributed by atoms with Crippen molar-refractivity contribution in [1.82, 2.24) is 14.8 Å². The van der Waals surface area contributed by atoms with Crippen LogP contribution in [-0.4, -0.2) is 47.7 Å². The van der Waals surface area contributed by atoms with Crippen LogP contribution in [0.25, 0.3) is 0 Å². The van der Waals surface area contributed by atoms with Crippen molar-refractivity contribution < 1.29 is 19.1 Å². The minimum atomic E-state index is -0.559. The van der Waals surface area contributed by atoms with Gasteiger partial charge in [0, 0.05) is 30.7 Å². The molecule has 3 heterocycles. The summed E-state index contributed by atoms with van der Waals surface area (Å²) in [5.74, 6) is 0.906. The number of hydrogen-bond donors (Lipinski definition) is 2. The standard InChI is InChI=1S/C20H24N4O4/c1-23-8-2-4-15(23)16-5-3-9-24(16)13-19(25)22-20(26)21-14-6-7-17-18(12-14)28-11-10-27-17/h2,4,6-8,12,16H,3,5,9-11,13H2,1H3,(H2,21,22,25,26)/t16-/m1/s1. The van der Waals surface area contributed by atoms with Crippen LogP contribution in [0.4, 0.5) is 10.5 Å². The van der Waals surface area contributed by atoms with Crippen LogP contribution in [0.5, 0.6) is 11.5 Å². The quantitative estimate of drug-likeness (QED) is 0.845. The lowest BCUT2D eigenvalue weighted by molar-refractivity contribution is -0.121. The van der Waals surface area contributed by atoms with E-state index in [9.17, 15) is 9.59 Å². The number of likely N-dealkylation sites (tertiary alicyclic amines) is 1. The molecule has 2 aromatic rings. The summed E-state index contributed by atoms with van der Waals surface area (Å²) >= 11 is 0. The second-order valence-electron chi connectivity index (χ2n) is 7.03. The molecule has 1 aromatic carbocycles. The molecule has 2 aliphatic rings. The lowest BCUT2D eigenvalue weighted by atomic mass is 10.1. The summed E-state index contributed by atoms with van der Waals surface area (Å²) in [4.78, 5) is 26.7. The molecule has 4 rings (SSSR count). The largest absolute Gasteiger partial charge is 0.486 e. The van der Waals surface area contributed by atoms with E-state index < -0.39 is 6.03 Å². The van der Waals surface area contributed by atoms with Gasteiger partial charge in [0.15, 0.2) is 11.5 Å². The first kappa shape index (κ1) is 18.4. The average Bonchev–Trinajstić information content (AvgIpc) is 3.29. The number of anilines is 1. The Morgan fingerprint density at radius 1 is 1.18 bits per heavy atom. The van der Waals surface area contributed by atoms with Crippen LogP contribution in [0.15, 0.2) is 36.5 Å². The smallest absolute Gasteiger partial charge is 0.325 e.